The van der Waals surface area contributed by atoms with E-state index in [-0.39, 0.29) is 37.9 Å². The maximum Gasteiger partial charge on any atom is 0.305 e. The molecule has 1 atom stereocenters. The number of unbranched alkanes of at least 4 members (excludes halogenated alkanes) is 1. The van der Waals surface area contributed by atoms with E-state index in [0.717, 1.165) is 6.26 Å². The van der Waals surface area contributed by atoms with Crippen LogP contribution in [0.15, 0.2) is 24.3 Å². The number of esters is 2. The van der Waals surface area contributed by atoms with Crippen LogP contribution in [0.25, 0.3) is 0 Å². The number of sulfonamides is 1. The average Bonchev–Trinajstić information content (AvgIpc) is 2.72. The first kappa shape index (κ1) is 27.4. The molecule has 32 heavy (non-hydrogen) atoms. The molecule has 8 nitrogen and oxygen atoms in total. The maximum atomic E-state index is 13.0. The molecule has 0 bridgehead atoms. The van der Waals surface area contributed by atoms with Gasteiger partial charge in [-0.25, -0.2) is 12.8 Å². The van der Waals surface area contributed by atoms with Crippen LogP contribution in [-0.4, -0.2) is 63.8 Å². The van der Waals surface area contributed by atoms with Crippen molar-refractivity contribution in [2.75, 3.05) is 33.1 Å². The molecule has 0 aliphatic carbocycles. The number of methoxy groups -OCH3 is 1. The van der Waals surface area contributed by atoms with Gasteiger partial charge in [0.2, 0.25) is 10.0 Å². The number of carbonyl (C=O) groups is 2. The third kappa shape index (κ3) is 12.3. The van der Waals surface area contributed by atoms with Gasteiger partial charge in [-0.3, -0.25) is 9.59 Å². The highest BCUT2D eigenvalue weighted by molar-refractivity contribution is 7.88. The zero-order valence-corrected chi connectivity index (χ0v) is 19.5. The molecule has 1 aromatic carbocycles. The van der Waals surface area contributed by atoms with Crippen LogP contribution >= 0.6 is 0 Å². The molecule has 10 heteroatoms. The zero-order chi connectivity index (χ0) is 24.0. The Bertz CT molecular complexity index is 891. The number of ether oxygens (including phenoxy) is 3. The van der Waals surface area contributed by atoms with Crippen LogP contribution in [0.1, 0.15) is 39.0 Å². The standard InChI is InChI=1S/C22H30FNO7S/c1-18(25)31-21(17-30-20-13-11-19(23)12-14-20)9-8-16-24(32(3,27)28)15-7-5-4-6-10-22(26)29-2/h11-14,21H,4,6,8-10,15-17H2,1-3H3. The summed E-state index contributed by atoms with van der Waals surface area (Å²) in [4.78, 5) is 22.4. The Morgan fingerprint density at radius 2 is 1.84 bits per heavy atom. The number of hydrogen-bond donors (Lipinski definition) is 0. The van der Waals surface area contributed by atoms with E-state index in [0.29, 0.717) is 31.4 Å². The van der Waals surface area contributed by atoms with Gasteiger partial charge in [0.15, 0.2) is 0 Å². The Kier molecular flexibility index (Phi) is 12.4. The molecule has 0 aliphatic heterocycles. The summed E-state index contributed by atoms with van der Waals surface area (Å²) < 4.78 is 53.6. The normalized spacial score (nSPS) is 11.9. The Morgan fingerprint density at radius 3 is 2.44 bits per heavy atom. The van der Waals surface area contributed by atoms with E-state index < -0.39 is 22.1 Å². The number of benzene rings is 1. The lowest BCUT2D eigenvalue weighted by Crippen LogP contribution is -2.32. The Hall–Kier alpha value is -2.64. The van der Waals surface area contributed by atoms with E-state index in [2.05, 4.69) is 16.6 Å². The van der Waals surface area contributed by atoms with Crippen LogP contribution in [0.5, 0.6) is 5.75 Å². The van der Waals surface area contributed by atoms with Crippen LogP contribution in [0.2, 0.25) is 0 Å². The van der Waals surface area contributed by atoms with E-state index in [1.807, 2.05) is 0 Å². The van der Waals surface area contributed by atoms with Crippen molar-refractivity contribution in [3.8, 4) is 17.6 Å². The summed E-state index contributed by atoms with van der Waals surface area (Å²) in [5.41, 5.74) is 0. The smallest absolute Gasteiger partial charge is 0.305 e. The molecule has 0 aliphatic rings. The van der Waals surface area contributed by atoms with E-state index >= 15 is 0 Å². The number of halogens is 1. The highest BCUT2D eigenvalue weighted by Gasteiger charge is 2.18. The molecular weight excluding hydrogens is 441 g/mol. The molecule has 1 aromatic rings. The van der Waals surface area contributed by atoms with Gasteiger partial charge >= 0.3 is 11.9 Å². The summed E-state index contributed by atoms with van der Waals surface area (Å²) in [5, 5.41) is 0. The highest BCUT2D eigenvalue weighted by Crippen LogP contribution is 2.14. The van der Waals surface area contributed by atoms with Crippen molar-refractivity contribution in [2.45, 2.75) is 45.1 Å². The minimum absolute atomic E-state index is 0.0291. The van der Waals surface area contributed by atoms with E-state index in [1.165, 1.54) is 42.6 Å². The summed E-state index contributed by atoms with van der Waals surface area (Å²) in [7, 11) is -2.15. The molecular formula is C22H30FNO7S. The van der Waals surface area contributed by atoms with E-state index in [1.54, 1.807) is 0 Å². The quantitative estimate of drug-likeness (QED) is 0.248. The Labute approximate surface area is 189 Å². The van der Waals surface area contributed by atoms with Crippen LogP contribution in [-0.2, 0) is 29.1 Å². The highest BCUT2D eigenvalue weighted by atomic mass is 32.2. The van der Waals surface area contributed by atoms with Crippen molar-refractivity contribution >= 4 is 22.0 Å². The molecule has 0 fully saturated rings. The maximum absolute atomic E-state index is 13.0. The lowest BCUT2D eigenvalue weighted by Gasteiger charge is -2.20. The molecule has 0 aromatic heterocycles. The molecule has 0 spiro atoms. The first-order valence-electron chi connectivity index (χ1n) is 10.1. The van der Waals surface area contributed by atoms with Crippen molar-refractivity contribution < 1.29 is 36.6 Å². The van der Waals surface area contributed by atoms with E-state index in [9.17, 15) is 22.4 Å². The first-order valence-corrected chi connectivity index (χ1v) is 12.0. The monoisotopic (exact) mass is 471 g/mol. The number of carbonyl (C=O) groups excluding carboxylic acids is 2. The van der Waals surface area contributed by atoms with Crippen LogP contribution in [0.4, 0.5) is 4.39 Å². The fraction of sp³-hybridized carbons (Fsp3) is 0.545. The number of hydrogen-bond acceptors (Lipinski definition) is 7. The van der Waals surface area contributed by atoms with Gasteiger partial charge in [-0.15, -0.1) is 5.92 Å². The zero-order valence-electron chi connectivity index (χ0n) is 18.6. The summed E-state index contributed by atoms with van der Waals surface area (Å²) in [6.07, 6.45) is 2.58. The summed E-state index contributed by atoms with van der Waals surface area (Å²) in [6, 6.07) is 5.46. The Balaban J connectivity index is 2.54. The van der Waals surface area contributed by atoms with Gasteiger partial charge < -0.3 is 14.2 Å². The fourth-order valence-corrected chi connectivity index (χ4v) is 3.40. The molecule has 0 saturated heterocycles. The predicted molar refractivity (Wildman–Crippen MR) is 117 cm³/mol. The van der Waals surface area contributed by atoms with Gasteiger partial charge in [0.1, 0.15) is 24.3 Å². The number of nitrogens with zero attached hydrogens (tertiary/aromatic N) is 1. The lowest BCUT2D eigenvalue weighted by atomic mass is 10.2. The van der Waals surface area contributed by atoms with Gasteiger partial charge in [-0.2, -0.15) is 4.31 Å². The summed E-state index contributed by atoms with van der Waals surface area (Å²) >= 11 is 0. The lowest BCUT2D eigenvalue weighted by molar-refractivity contribution is -0.148. The van der Waals surface area contributed by atoms with Crippen molar-refractivity contribution in [1.82, 2.24) is 4.31 Å². The number of rotatable bonds is 13. The van der Waals surface area contributed by atoms with Gasteiger partial charge in [-0.1, -0.05) is 5.92 Å². The second-order valence-corrected chi connectivity index (χ2v) is 9.00. The molecule has 1 rings (SSSR count). The molecule has 0 radical (unpaired) electrons. The van der Waals surface area contributed by atoms with Crippen LogP contribution in [0.3, 0.4) is 0 Å². The van der Waals surface area contributed by atoms with E-state index in [4.69, 9.17) is 9.47 Å². The second-order valence-electron chi connectivity index (χ2n) is 7.02. The molecule has 178 valence electrons. The molecule has 0 heterocycles. The van der Waals surface area contributed by atoms with Gasteiger partial charge in [-0.05, 0) is 43.5 Å². The molecule has 1 unspecified atom stereocenters. The fourth-order valence-electron chi connectivity index (χ4n) is 2.64. The van der Waals surface area contributed by atoms with Crippen LogP contribution in [0, 0.1) is 17.7 Å². The average molecular weight is 472 g/mol. The second kappa shape index (κ2) is 14.4. The van der Waals surface area contributed by atoms with Crippen LogP contribution < -0.4 is 4.74 Å². The third-order valence-electron chi connectivity index (χ3n) is 4.28. The topological polar surface area (TPSA) is 99.2 Å². The molecule has 0 N–H and O–H groups in total. The summed E-state index contributed by atoms with van der Waals surface area (Å²) in [6.45, 7) is 1.57. The molecule has 0 saturated carbocycles. The summed E-state index contributed by atoms with van der Waals surface area (Å²) in [5.74, 6) is 4.92. The minimum atomic E-state index is -3.47. The van der Waals surface area contributed by atoms with Gasteiger partial charge in [0.05, 0.1) is 19.9 Å². The van der Waals surface area contributed by atoms with Gasteiger partial charge in [0.25, 0.3) is 0 Å². The predicted octanol–water partition coefficient (Wildman–Crippen LogP) is 2.52. The van der Waals surface area contributed by atoms with Gasteiger partial charge in [0, 0.05) is 26.3 Å². The molecule has 0 amide bonds. The Morgan fingerprint density at radius 1 is 1.16 bits per heavy atom. The van der Waals surface area contributed by atoms with Crippen molar-refractivity contribution in [3.05, 3.63) is 30.1 Å². The largest absolute Gasteiger partial charge is 0.490 e. The van der Waals surface area contributed by atoms with Crippen molar-refractivity contribution in [2.24, 2.45) is 0 Å². The third-order valence-corrected chi connectivity index (χ3v) is 5.53. The minimum Gasteiger partial charge on any atom is -0.490 e. The first-order chi connectivity index (χ1) is 15.1. The SMILES string of the molecule is COC(=O)CCCC#CCN(CCCC(COc1ccc(F)cc1)OC(C)=O)S(C)(=O)=O. The van der Waals surface area contributed by atoms with Crippen molar-refractivity contribution in [3.63, 3.8) is 0 Å². The van der Waals surface area contributed by atoms with Crippen molar-refractivity contribution in [1.29, 1.82) is 0 Å².